The number of carbonyl (C=O) groups excluding carboxylic acids is 1. The largest absolute Gasteiger partial charge is 0.512 e. The van der Waals surface area contributed by atoms with Crippen LogP contribution in [0, 0.1) is 51.7 Å². The van der Waals surface area contributed by atoms with Crippen LogP contribution < -0.4 is 0 Å². The number of rotatable bonds is 10. The summed E-state index contributed by atoms with van der Waals surface area (Å²) >= 11 is 0. The predicted octanol–water partition coefficient (Wildman–Crippen LogP) is 15.7. The van der Waals surface area contributed by atoms with E-state index >= 15 is 0 Å². The molecule has 0 aliphatic heterocycles. The first-order valence-corrected chi connectivity index (χ1v) is 21.7. The van der Waals surface area contributed by atoms with E-state index < -0.39 is 18.3 Å². The van der Waals surface area contributed by atoms with Crippen LogP contribution in [-0.4, -0.2) is 26.8 Å². The maximum absolute atomic E-state index is 12.9. The summed E-state index contributed by atoms with van der Waals surface area (Å²) in [6.07, 6.45) is 2.51. The van der Waals surface area contributed by atoms with E-state index in [9.17, 15) is 18.7 Å². The summed E-state index contributed by atoms with van der Waals surface area (Å²) < 4.78 is 58.3. The van der Waals surface area contributed by atoms with Crippen LogP contribution in [0.25, 0.3) is 44.1 Å². The van der Waals surface area contributed by atoms with Crippen molar-refractivity contribution in [2.75, 3.05) is 0 Å². The van der Waals surface area contributed by atoms with Gasteiger partial charge in [0, 0.05) is 56.8 Å². The van der Waals surface area contributed by atoms with E-state index in [2.05, 4.69) is 87.9 Å². The van der Waals surface area contributed by atoms with Gasteiger partial charge in [0.2, 0.25) is 5.92 Å². The number of ketones is 1. The minimum Gasteiger partial charge on any atom is -0.512 e. The number of aryl methyl sites for hydroxylation is 4. The summed E-state index contributed by atoms with van der Waals surface area (Å²) in [7, 11) is 0. The van der Waals surface area contributed by atoms with Crippen molar-refractivity contribution >= 4 is 27.3 Å². The molecule has 0 saturated heterocycles. The van der Waals surface area contributed by atoms with Gasteiger partial charge in [-0.05, 0) is 95.9 Å². The molecule has 0 aliphatic rings. The molecular weight excluding hydrogens is 963 g/mol. The zero-order chi connectivity index (χ0) is 49.6. The number of halogens is 2. The molecule has 0 bridgehead atoms. The number of carbonyl (C=O) groups is 1. The van der Waals surface area contributed by atoms with Gasteiger partial charge in [-0.3, -0.25) is 4.79 Å². The molecule has 4 nitrogen and oxygen atoms in total. The zero-order valence-electron chi connectivity index (χ0n) is 43.7. The van der Waals surface area contributed by atoms with Gasteiger partial charge >= 0.3 is 0 Å². The van der Waals surface area contributed by atoms with Gasteiger partial charge in [-0.25, -0.2) is 8.78 Å². The minimum absolute atomic E-state index is 0. The normalized spacial score (nSPS) is 13.4. The number of aromatic nitrogens is 2. The second-order valence-corrected chi connectivity index (χ2v) is 18.8. The van der Waals surface area contributed by atoms with E-state index in [1.165, 1.54) is 11.1 Å². The van der Waals surface area contributed by atoms with Crippen molar-refractivity contribution in [3.63, 3.8) is 0 Å². The molecule has 1 N–H and O–H groups in total. The van der Waals surface area contributed by atoms with Crippen LogP contribution in [-0.2, 0) is 35.7 Å². The van der Waals surface area contributed by atoms with Crippen LogP contribution in [0.15, 0.2) is 96.9 Å². The van der Waals surface area contributed by atoms with Crippen LogP contribution in [0.5, 0.6) is 0 Å². The number of fused-ring (bicyclic) bond motifs is 2. The van der Waals surface area contributed by atoms with Gasteiger partial charge in [0.05, 0.1) is 11.2 Å². The SMILES string of the molecule is CCC(CC)C(=O)/C=C(\O)C(CC)CC(C)(F)F.[2H]c1nc(-c2[c-]c(C)cc(C(C)(C)C)c2)c2ccc(C)cc2c1[2H].[2H]c1nc(-c2[c-]c(C)cc(C(C)(C)C)c2)c2ccc(C)cc2c1[2H].[Ir]. The molecule has 7 heteroatoms. The Morgan fingerprint density at radius 2 is 1.08 bits per heavy atom. The van der Waals surface area contributed by atoms with E-state index in [4.69, 9.17) is 5.48 Å². The van der Waals surface area contributed by atoms with E-state index in [1.807, 2.05) is 77.9 Å². The number of aliphatic hydroxyl groups excluding tert-OH is 1. The summed E-state index contributed by atoms with van der Waals surface area (Å²) in [6.45, 7) is 27.5. The van der Waals surface area contributed by atoms with Gasteiger partial charge in [0.15, 0.2) is 5.78 Å². The first-order chi connectivity index (χ1) is 30.6. The molecule has 339 valence electrons. The second kappa shape index (κ2) is 22.4. The van der Waals surface area contributed by atoms with E-state index in [1.54, 1.807) is 6.92 Å². The predicted molar refractivity (Wildman–Crippen MR) is 257 cm³/mol. The monoisotopic (exact) mass is 1040 g/mol. The molecule has 0 saturated carbocycles. The average Bonchev–Trinajstić information content (AvgIpc) is 3.22. The number of allylic oxidation sites excluding steroid dienone is 2. The molecular formula is C56H68F2IrN2O2-2. The maximum Gasteiger partial charge on any atom is 0.246 e. The smallest absolute Gasteiger partial charge is 0.246 e. The molecule has 0 amide bonds. The third-order valence-electron chi connectivity index (χ3n) is 11.0. The number of hydrogen-bond donors (Lipinski definition) is 1. The fraction of sp³-hybridized carbons (Fsp3) is 0.411. The zero-order valence-corrected chi connectivity index (χ0v) is 42.1. The molecule has 2 aromatic heterocycles. The molecule has 4 aromatic carbocycles. The molecule has 6 rings (SSSR count). The van der Waals surface area contributed by atoms with Crippen LogP contribution in [0.1, 0.15) is 134 Å². The Bertz CT molecular complexity index is 2570. The maximum atomic E-state index is 12.9. The fourth-order valence-corrected chi connectivity index (χ4v) is 7.27. The third kappa shape index (κ3) is 15.0. The van der Waals surface area contributed by atoms with Gasteiger partial charge in [-0.2, -0.15) is 0 Å². The van der Waals surface area contributed by atoms with E-state index in [0.717, 1.165) is 79.3 Å². The average molecular weight is 1040 g/mol. The Balaban J connectivity index is 0.000000268. The van der Waals surface area contributed by atoms with Crippen molar-refractivity contribution < 1.29 is 44.3 Å². The molecule has 0 spiro atoms. The van der Waals surface area contributed by atoms with Gasteiger partial charge in [-0.1, -0.05) is 124 Å². The molecule has 1 unspecified atom stereocenters. The summed E-state index contributed by atoms with van der Waals surface area (Å²) in [5, 5.41) is 13.2. The topological polar surface area (TPSA) is 63.1 Å². The first kappa shape index (κ1) is 46.4. The first-order valence-electron chi connectivity index (χ1n) is 23.7. The van der Waals surface area contributed by atoms with E-state index in [-0.39, 0.29) is 72.8 Å². The van der Waals surface area contributed by atoms with Crippen molar-refractivity contribution in [1.82, 2.24) is 9.97 Å². The Hall–Kier alpha value is -4.58. The number of aliphatic hydroxyl groups is 1. The number of hydrogen-bond acceptors (Lipinski definition) is 4. The fourth-order valence-electron chi connectivity index (χ4n) is 7.27. The molecule has 0 aliphatic carbocycles. The molecule has 63 heavy (non-hydrogen) atoms. The second-order valence-electron chi connectivity index (χ2n) is 18.8. The Labute approximate surface area is 396 Å². The van der Waals surface area contributed by atoms with Crippen molar-refractivity contribution in [3.05, 3.63) is 142 Å². The van der Waals surface area contributed by atoms with Crippen molar-refractivity contribution in [1.29, 1.82) is 0 Å². The molecule has 2 heterocycles. The number of nitrogens with zero attached hydrogens (tertiary/aromatic N) is 2. The summed E-state index contributed by atoms with van der Waals surface area (Å²) in [5.74, 6) is -4.00. The van der Waals surface area contributed by atoms with Gasteiger partial charge < -0.3 is 15.1 Å². The number of pyridine rings is 2. The van der Waals surface area contributed by atoms with E-state index in [0.29, 0.717) is 19.3 Å². The summed E-state index contributed by atoms with van der Waals surface area (Å²) in [6, 6.07) is 27.6. The number of benzene rings is 4. The van der Waals surface area contributed by atoms with Gasteiger partial charge in [0.1, 0.15) is 0 Å². The van der Waals surface area contributed by atoms with Gasteiger partial charge in [0.25, 0.3) is 0 Å². The Morgan fingerprint density at radius 3 is 1.43 bits per heavy atom. The van der Waals surface area contributed by atoms with Crippen molar-refractivity contribution in [2.45, 2.75) is 139 Å². The number of alkyl halides is 2. The van der Waals surface area contributed by atoms with Gasteiger partial charge in [-0.15, -0.1) is 69.8 Å². The molecule has 0 fully saturated rings. The van der Waals surface area contributed by atoms with Crippen LogP contribution in [0.2, 0.25) is 0 Å². The molecule has 6 aromatic rings. The van der Waals surface area contributed by atoms with Crippen molar-refractivity contribution in [3.8, 4) is 22.5 Å². The third-order valence-corrected chi connectivity index (χ3v) is 11.0. The van der Waals surface area contributed by atoms with Crippen LogP contribution in [0.3, 0.4) is 0 Å². The Morgan fingerprint density at radius 1 is 0.683 bits per heavy atom. The standard InChI is InChI=1S/2C21H22N.C14H24F2O2.Ir/c2*1-14-6-7-19-16(10-14)8-9-22-20(19)17-11-15(2)12-18(13-17)21(3,4)5;1-5-10(6-2)12(17)8-13(18)11(7-3)9-14(4,15)16;/h2*6-10,12-13H,1-5H3;8,10-11,18H,5-7,9H2,1-4H3;/q2*-1;;/b;;13-8-;/i2*8D,9D;;. The quantitative estimate of drug-likeness (QED) is 0.0844. The minimum atomic E-state index is -2.83. The van der Waals surface area contributed by atoms with Crippen LogP contribution >= 0.6 is 0 Å². The summed E-state index contributed by atoms with van der Waals surface area (Å²) in [4.78, 5) is 20.6. The molecule has 1 atom stereocenters. The molecule has 1 radical (unpaired) electrons. The Kier molecular flexibility index (Phi) is 16.5. The van der Waals surface area contributed by atoms with Crippen LogP contribution in [0.4, 0.5) is 8.78 Å². The van der Waals surface area contributed by atoms with Crippen molar-refractivity contribution in [2.24, 2.45) is 11.8 Å². The summed E-state index contributed by atoms with van der Waals surface area (Å²) in [5.41, 5.74) is 10.0.